The highest BCUT2D eigenvalue weighted by atomic mass is 32.2. The van der Waals surface area contributed by atoms with E-state index in [1.165, 1.54) is 31.2 Å². The molecule has 0 atom stereocenters. The van der Waals surface area contributed by atoms with Crippen LogP contribution >= 0.6 is 11.8 Å². The standard InChI is InChI=1S/C17H27NS/c1-4-17(5-2,19-3)13-18-16-11-15(12-16)14-9-7-6-8-10-14/h6-10,15-16,18H,4-5,11-13H2,1-3H3. The van der Waals surface area contributed by atoms with Gasteiger partial charge in [-0.2, -0.15) is 11.8 Å². The van der Waals surface area contributed by atoms with Crippen molar-refractivity contribution in [1.82, 2.24) is 5.32 Å². The first kappa shape index (κ1) is 14.9. The van der Waals surface area contributed by atoms with Crippen LogP contribution < -0.4 is 5.32 Å². The van der Waals surface area contributed by atoms with Gasteiger partial charge in [-0.25, -0.2) is 0 Å². The smallest absolute Gasteiger partial charge is 0.0276 e. The molecule has 0 aliphatic heterocycles. The lowest BCUT2D eigenvalue weighted by molar-refractivity contribution is 0.279. The first-order valence-electron chi connectivity index (χ1n) is 7.56. The van der Waals surface area contributed by atoms with E-state index < -0.39 is 0 Å². The highest BCUT2D eigenvalue weighted by Crippen LogP contribution is 2.37. The monoisotopic (exact) mass is 277 g/mol. The number of hydrogen-bond donors (Lipinski definition) is 1. The Bertz CT molecular complexity index is 358. The summed E-state index contributed by atoms with van der Waals surface area (Å²) in [6.07, 6.45) is 7.38. The molecule has 0 bridgehead atoms. The highest BCUT2D eigenvalue weighted by molar-refractivity contribution is 8.00. The van der Waals surface area contributed by atoms with E-state index in [0.29, 0.717) is 4.75 Å². The van der Waals surface area contributed by atoms with Gasteiger partial charge in [0.1, 0.15) is 0 Å². The Hall–Kier alpha value is -0.470. The van der Waals surface area contributed by atoms with Crippen LogP contribution in [-0.4, -0.2) is 23.6 Å². The van der Waals surface area contributed by atoms with Crippen molar-refractivity contribution in [1.29, 1.82) is 0 Å². The van der Waals surface area contributed by atoms with Gasteiger partial charge in [-0.05, 0) is 43.4 Å². The van der Waals surface area contributed by atoms with Gasteiger partial charge < -0.3 is 5.32 Å². The summed E-state index contributed by atoms with van der Waals surface area (Å²) in [6, 6.07) is 11.7. The van der Waals surface area contributed by atoms with Crippen molar-refractivity contribution in [2.45, 2.75) is 56.2 Å². The molecule has 0 aromatic heterocycles. The summed E-state index contributed by atoms with van der Waals surface area (Å²) in [4.78, 5) is 0. The molecule has 0 spiro atoms. The third kappa shape index (κ3) is 3.55. The first-order chi connectivity index (χ1) is 9.23. The van der Waals surface area contributed by atoms with Crippen molar-refractivity contribution >= 4 is 11.8 Å². The number of thioether (sulfide) groups is 1. The summed E-state index contributed by atoms with van der Waals surface area (Å²) in [5, 5.41) is 3.79. The number of hydrogen-bond acceptors (Lipinski definition) is 2. The van der Waals surface area contributed by atoms with Crippen molar-refractivity contribution in [3.8, 4) is 0 Å². The normalized spacial score (nSPS) is 23.1. The Morgan fingerprint density at radius 1 is 1.16 bits per heavy atom. The van der Waals surface area contributed by atoms with E-state index in [1.54, 1.807) is 0 Å². The lowest BCUT2D eigenvalue weighted by Gasteiger charge is -2.39. The summed E-state index contributed by atoms with van der Waals surface area (Å²) in [6.45, 7) is 5.79. The molecule has 0 unspecified atom stereocenters. The van der Waals surface area contributed by atoms with Crippen LogP contribution in [0.15, 0.2) is 30.3 Å². The van der Waals surface area contributed by atoms with Crippen molar-refractivity contribution in [2.75, 3.05) is 12.8 Å². The summed E-state index contributed by atoms with van der Waals surface area (Å²) in [5.74, 6) is 0.783. The van der Waals surface area contributed by atoms with Crippen molar-refractivity contribution in [3.05, 3.63) is 35.9 Å². The Kier molecular flexibility index (Phi) is 5.35. The molecule has 1 aliphatic carbocycles. The Morgan fingerprint density at radius 3 is 2.32 bits per heavy atom. The minimum atomic E-state index is 0.442. The summed E-state index contributed by atoms with van der Waals surface area (Å²) >= 11 is 2.03. The van der Waals surface area contributed by atoms with Gasteiger partial charge in [0.2, 0.25) is 0 Å². The van der Waals surface area contributed by atoms with Crippen molar-refractivity contribution < 1.29 is 0 Å². The molecular formula is C17H27NS. The molecule has 0 heterocycles. The maximum Gasteiger partial charge on any atom is 0.0276 e. The summed E-state index contributed by atoms with van der Waals surface area (Å²) in [7, 11) is 0. The molecule has 1 N–H and O–H groups in total. The van der Waals surface area contributed by atoms with Gasteiger partial charge in [0.05, 0.1) is 0 Å². The molecule has 1 saturated carbocycles. The predicted molar refractivity (Wildman–Crippen MR) is 87.0 cm³/mol. The van der Waals surface area contributed by atoms with Gasteiger partial charge in [0.15, 0.2) is 0 Å². The lowest BCUT2D eigenvalue weighted by atomic mass is 9.75. The van der Waals surface area contributed by atoms with E-state index in [0.717, 1.165) is 18.5 Å². The zero-order chi connectivity index (χ0) is 13.7. The second-order valence-electron chi connectivity index (χ2n) is 5.75. The average molecular weight is 277 g/mol. The van der Waals surface area contributed by atoms with Crippen LogP contribution in [-0.2, 0) is 0 Å². The van der Waals surface area contributed by atoms with Crippen molar-refractivity contribution in [3.63, 3.8) is 0 Å². The third-order valence-corrected chi connectivity index (χ3v) is 6.43. The molecular weight excluding hydrogens is 250 g/mol. The first-order valence-corrected chi connectivity index (χ1v) is 8.79. The van der Waals surface area contributed by atoms with E-state index in [1.807, 2.05) is 11.8 Å². The largest absolute Gasteiger partial charge is 0.313 e. The minimum Gasteiger partial charge on any atom is -0.313 e. The molecule has 1 aromatic rings. The zero-order valence-electron chi connectivity index (χ0n) is 12.5. The molecule has 1 nitrogen and oxygen atoms in total. The van der Waals surface area contributed by atoms with Crippen LogP contribution in [0.25, 0.3) is 0 Å². The second-order valence-corrected chi connectivity index (χ2v) is 7.03. The van der Waals surface area contributed by atoms with Gasteiger partial charge >= 0.3 is 0 Å². The molecule has 0 saturated heterocycles. The molecule has 106 valence electrons. The lowest BCUT2D eigenvalue weighted by Crippen LogP contribution is -2.46. The van der Waals surface area contributed by atoms with E-state index in [-0.39, 0.29) is 0 Å². The summed E-state index contributed by atoms with van der Waals surface area (Å²) < 4.78 is 0.442. The van der Waals surface area contributed by atoms with Crippen LogP contribution in [0.3, 0.4) is 0 Å². The molecule has 0 radical (unpaired) electrons. The van der Waals surface area contributed by atoms with Gasteiger partial charge in [-0.15, -0.1) is 0 Å². The topological polar surface area (TPSA) is 12.0 Å². The Morgan fingerprint density at radius 2 is 1.79 bits per heavy atom. The number of benzene rings is 1. The van der Waals surface area contributed by atoms with E-state index in [2.05, 4.69) is 55.8 Å². The Labute approximate surface area is 122 Å². The van der Waals surface area contributed by atoms with Gasteiger partial charge in [-0.3, -0.25) is 0 Å². The maximum atomic E-state index is 3.79. The third-order valence-electron chi connectivity index (χ3n) is 4.84. The van der Waals surface area contributed by atoms with Crippen LogP contribution in [0, 0.1) is 0 Å². The minimum absolute atomic E-state index is 0.442. The fourth-order valence-corrected chi connectivity index (χ4v) is 3.78. The number of rotatable bonds is 7. The zero-order valence-corrected chi connectivity index (χ0v) is 13.3. The molecule has 1 fully saturated rings. The SMILES string of the molecule is CCC(CC)(CNC1CC(c2ccccc2)C1)SC. The van der Waals surface area contributed by atoms with Gasteiger partial charge in [-0.1, -0.05) is 44.2 Å². The molecule has 1 aliphatic rings. The van der Waals surface area contributed by atoms with Crippen LogP contribution in [0.4, 0.5) is 0 Å². The molecule has 19 heavy (non-hydrogen) atoms. The van der Waals surface area contributed by atoms with Crippen LogP contribution in [0.2, 0.25) is 0 Å². The van der Waals surface area contributed by atoms with Crippen molar-refractivity contribution in [2.24, 2.45) is 0 Å². The van der Waals surface area contributed by atoms with Crippen LogP contribution in [0.1, 0.15) is 51.0 Å². The second kappa shape index (κ2) is 6.81. The maximum absolute atomic E-state index is 3.79. The molecule has 2 rings (SSSR count). The molecule has 1 aromatic carbocycles. The van der Waals surface area contributed by atoms with E-state index in [4.69, 9.17) is 0 Å². The van der Waals surface area contributed by atoms with E-state index >= 15 is 0 Å². The fraction of sp³-hybridized carbons (Fsp3) is 0.647. The van der Waals surface area contributed by atoms with E-state index in [9.17, 15) is 0 Å². The fourth-order valence-electron chi connectivity index (χ4n) is 2.97. The van der Waals surface area contributed by atoms with Gasteiger partial charge in [0, 0.05) is 17.3 Å². The summed E-state index contributed by atoms with van der Waals surface area (Å²) in [5.41, 5.74) is 1.52. The average Bonchev–Trinajstić information content (AvgIpc) is 2.43. The molecule has 2 heteroatoms. The quantitative estimate of drug-likeness (QED) is 0.790. The van der Waals surface area contributed by atoms with Crippen LogP contribution in [0.5, 0.6) is 0 Å². The Balaban J connectivity index is 1.76. The highest BCUT2D eigenvalue weighted by Gasteiger charge is 2.32. The number of nitrogens with one attached hydrogen (secondary N) is 1. The molecule has 0 amide bonds. The van der Waals surface area contributed by atoms with Gasteiger partial charge in [0.25, 0.3) is 0 Å². The predicted octanol–water partition coefficient (Wildman–Crippen LogP) is 4.44.